The Morgan fingerprint density at radius 1 is 1.64 bits per heavy atom. The molecule has 1 aromatic heterocycles. The van der Waals surface area contributed by atoms with Gasteiger partial charge in [-0.05, 0) is 0 Å². The van der Waals surface area contributed by atoms with E-state index in [0.717, 1.165) is 5.82 Å². The number of hydrogen-bond donors (Lipinski definition) is 1. The minimum Gasteiger partial charge on any atom is -0.395 e. The third-order valence-electron chi connectivity index (χ3n) is 1.82. The van der Waals surface area contributed by atoms with Crippen LogP contribution in [0.3, 0.4) is 0 Å². The summed E-state index contributed by atoms with van der Waals surface area (Å²) in [6.07, 6.45) is 3.62. The molecule has 0 saturated heterocycles. The van der Waals surface area contributed by atoms with Crippen molar-refractivity contribution in [1.82, 2.24) is 9.55 Å². The molecule has 1 N–H and O–H groups in total. The van der Waals surface area contributed by atoms with Gasteiger partial charge in [0, 0.05) is 24.9 Å². The quantitative estimate of drug-likeness (QED) is 0.680. The van der Waals surface area contributed by atoms with Gasteiger partial charge in [0.05, 0.1) is 6.61 Å². The zero-order chi connectivity index (χ0) is 8.48. The number of aliphatic hydroxyl groups excluding tert-OH is 1. The number of aromatic nitrogens is 2. The topological polar surface area (TPSA) is 38.0 Å². The van der Waals surface area contributed by atoms with E-state index in [9.17, 15) is 0 Å². The van der Waals surface area contributed by atoms with Crippen LogP contribution in [0.2, 0.25) is 0 Å². The Morgan fingerprint density at radius 3 is 2.64 bits per heavy atom. The number of imidazole rings is 1. The van der Waals surface area contributed by atoms with Crippen molar-refractivity contribution in [3.63, 3.8) is 0 Å². The summed E-state index contributed by atoms with van der Waals surface area (Å²) in [6, 6.07) is 0. The Morgan fingerprint density at radius 2 is 2.27 bits per heavy atom. The van der Waals surface area contributed by atoms with Crippen LogP contribution in [0.15, 0.2) is 12.4 Å². The first kappa shape index (κ1) is 8.27. The average Bonchev–Trinajstić information content (AvgIpc) is 2.36. The largest absolute Gasteiger partial charge is 0.395 e. The monoisotopic (exact) mass is 154 g/mol. The molecular weight excluding hydrogens is 140 g/mol. The van der Waals surface area contributed by atoms with Crippen molar-refractivity contribution in [2.24, 2.45) is 7.05 Å². The van der Waals surface area contributed by atoms with Gasteiger partial charge in [-0.15, -0.1) is 0 Å². The molecule has 0 aliphatic carbocycles. The second kappa shape index (κ2) is 2.66. The van der Waals surface area contributed by atoms with Gasteiger partial charge >= 0.3 is 0 Å². The van der Waals surface area contributed by atoms with E-state index in [1.165, 1.54) is 0 Å². The van der Waals surface area contributed by atoms with E-state index >= 15 is 0 Å². The van der Waals surface area contributed by atoms with Gasteiger partial charge < -0.3 is 9.67 Å². The smallest absolute Gasteiger partial charge is 0.116 e. The number of aliphatic hydroxyl groups is 1. The average molecular weight is 154 g/mol. The van der Waals surface area contributed by atoms with Gasteiger partial charge in [-0.3, -0.25) is 0 Å². The summed E-state index contributed by atoms with van der Waals surface area (Å²) in [5.74, 6) is 0.917. The normalized spacial score (nSPS) is 12.0. The highest BCUT2D eigenvalue weighted by Crippen LogP contribution is 2.19. The predicted octanol–water partition coefficient (Wildman–Crippen LogP) is 0.690. The van der Waals surface area contributed by atoms with Crippen molar-refractivity contribution in [1.29, 1.82) is 0 Å². The van der Waals surface area contributed by atoms with Crippen molar-refractivity contribution in [2.45, 2.75) is 19.3 Å². The first-order chi connectivity index (χ1) is 5.08. The molecule has 1 rings (SSSR count). The minimum absolute atomic E-state index is 0.123. The molecule has 3 heteroatoms. The Kier molecular flexibility index (Phi) is 2.00. The van der Waals surface area contributed by atoms with E-state index in [0.29, 0.717) is 0 Å². The van der Waals surface area contributed by atoms with Gasteiger partial charge in [0.25, 0.3) is 0 Å². The van der Waals surface area contributed by atoms with E-state index in [2.05, 4.69) is 4.98 Å². The number of nitrogens with zero attached hydrogens (tertiary/aromatic N) is 2. The van der Waals surface area contributed by atoms with E-state index in [-0.39, 0.29) is 12.0 Å². The third-order valence-corrected chi connectivity index (χ3v) is 1.82. The maximum Gasteiger partial charge on any atom is 0.116 e. The summed E-state index contributed by atoms with van der Waals surface area (Å²) in [6.45, 7) is 4.06. The molecule has 0 atom stereocenters. The standard InChI is InChI=1S/C8H14N2O/c1-8(2,6-11)7-9-4-5-10(7)3/h4-5,11H,6H2,1-3H3. The van der Waals surface area contributed by atoms with Crippen LogP contribution in [-0.2, 0) is 12.5 Å². The molecule has 0 amide bonds. The van der Waals surface area contributed by atoms with Gasteiger partial charge in [-0.2, -0.15) is 0 Å². The van der Waals surface area contributed by atoms with Crippen molar-refractivity contribution in [3.8, 4) is 0 Å². The van der Waals surface area contributed by atoms with Gasteiger partial charge in [0.2, 0.25) is 0 Å². The molecule has 0 aromatic carbocycles. The Hall–Kier alpha value is -0.830. The van der Waals surface area contributed by atoms with Gasteiger partial charge in [-0.1, -0.05) is 13.8 Å². The maximum atomic E-state index is 9.04. The molecule has 0 saturated carbocycles. The highest BCUT2D eigenvalue weighted by Gasteiger charge is 2.23. The van der Waals surface area contributed by atoms with E-state index in [1.54, 1.807) is 6.20 Å². The molecule has 0 unspecified atom stereocenters. The lowest BCUT2D eigenvalue weighted by molar-refractivity contribution is 0.209. The van der Waals surface area contributed by atoms with Crippen LogP contribution in [0, 0.1) is 0 Å². The first-order valence-electron chi connectivity index (χ1n) is 3.66. The molecule has 0 bridgehead atoms. The van der Waals surface area contributed by atoms with E-state index < -0.39 is 0 Å². The first-order valence-corrected chi connectivity index (χ1v) is 3.66. The summed E-state index contributed by atoms with van der Waals surface area (Å²) in [4.78, 5) is 4.16. The number of hydrogen-bond acceptors (Lipinski definition) is 2. The lowest BCUT2D eigenvalue weighted by Gasteiger charge is -2.20. The number of aryl methyl sites for hydroxylation is 1. The van der Waals surface area contributed by atoms with Crippen LogP contribution in [0.4, 0.5) is 0 Å². The maximum absolute atomic E-state index is 9.04. The molecule has 0 fully saturated rings. The molecule has 0 spiro atoms. The lowest BCUT2D eigenvalue weighted by atomic mass is 9.94. The molecule has 62 valence electrons. The van der Waals surface area contributed by atoms with Crippen molar-refractivity contribution in [2.75, 3.05) is 6.61 Å². The molecule has 0 radical (unpaired) electrons. The Labute approximate surface area is 66.7 Å². The molecule has 3 nitrogen and oxygen atoms in total. The fraction of sp³-hybridized carbons (Fsp3) is 0.625. The summed E-state index contributed by atoms with van der Waals surface area (Å²) < 4.78 is 1.93. The predicted molar refractivity (Wildman–Crippen MR) is 43.3 cm³/mol. The molecule has 1 heterocycles. The zero-order valence-electron chi connectivity index (χ0n) is 7.20. The van der Waals surface area contributed by atoms with Crippen LogP contribution < -0.4 is 0 Å². The van der Waals surface area contributed by atoms with Crippen molar-refractivity contribution in [3.05, 3.63) is 18.2 Å². The second-order valence-corrected chi connectivity index (χ2v) is 3.40. The molecule has 0 aliphatic rings. The fourth-order valence-corrected chi connectivity index (χ4v) is 1.09. The number of rotatable bonds is 2. The molecule has 1 aromatic rings. The fourth-order valence-electron chi connectivity index (χ4n) is 1.09. The highest BCUT2D eigenvalue weighted by atomic mass is 16.3. The SMILES string of the molecule is Cn1ccnc1C(C)(C)CO. The molecule has 11 heavy (non-hydrogen) atoms. The third kappa shape index (κ3) is 1.43. The minimum atomic E-state index is -0.238. The van der Waals surface area contributed by atoms with E-state index in [1.807, 2.05) is 31.7 Å². The summed E-state index contributed by atoms with van der Waals surface area (Å²) in [7, 11) is 1.93. The molecule has 0 aliphatic heterocycles. The Bertz CT molecular complexity index is 240. The highest BCUT2D eigenvalue weighted by molar-refractivity contribution is 5.05. The van der Waals surface area contributed by atoms with Crippen molar-refractivity contribution >= 4 is 0 Å². The second-order valence-electron chi connectivity index (χ2n) is 3.40. The summed E-state index contributed by atoms with van der Waals surface area (Å²) in [5, 5.41) is 9.04. The van der Waals surface area contributed by atoms with Gasteiger partial charge in [0.1, 0.15) is 5.82 Å². The van der Waals surface area contributed by atoms with Crippen LogP contribution in [0.25, 0.3) is 0 Å². The van der Waals surface area contributed by atoms with Crippen LogP contribution in [0.1, 0.15) is 19.7 Å². The lowest BCUT2D eigenvalue weighted by Crippen LogP contribution is -2.26. The van der Waals surface area contributed by atoms with Crippen LogP contribution in [-0.4, -0.2) is 21.3 Å². The van der Waals surface area contributed by atoms with E-state index in [4.69, 9.17) is 5.11 Å². The van der Waals surface area contributed by atoms with Crippen molar-refractivity contribution < 1.29 is 5.11 Å². The zero-order valence-corrected chi connectivity index (χ0v) is 7.20. The van der Waals surface area contributed by atoms with Gasteiger partial charge in [-0.25, -0.2) is 4.98 Å². The summed E-state index contributed by atoms with van der Waals surface area (Å²) in [5.41, 5.74) is -0.238. The Balaban J connectivity index is 3.00. The summed E-state index contributed by atoms with van der Waals surface area (Å²) >= 11 is 0. The van der Waals surface area contributed by atoms with Gasteiger partial charge in [0.15, 0.2) is 0 Å². The van der Waals surface area contributed by atoms with Crippen LogP contribution >= 0.6 is 0 Å². The van der Waals surface area contributed by atoms with Crippen LogP contribution in [0.5, 0.6) is 0 Å². The molecular formula is C8H14N2O.